The van der Waals surface area contributed by atoms with Crippen LogP contribution in [0, 0.1) is 5.92 Å². The molecular weight excluding hydrogens is 364 g/mol. The van der Waals surface area contributed by atoms with E-state index in [-0.39, 0.29) is 11.8 Å². The van der Waals surface area contributed by atoms with Crippen LogP contribution in [0.1, 0.15) is 26.0 Å². The second kappa shape index (κ2) is 6.55. The summed E-state index contributed by atoms with van der Waals surface area (Å²) >= 11 is 0. The maximum Gasteiger partial charge on any atom is 0.229 e. The van der Waals surface area contributed by atoms with Crippen molar-refractivity contribution < 1.29 is 4.79 Å². The van der Waals surface area contributed by atoms with E-state index in [1.54, 1.807) is 6.20 Å². The molecule has 4 aromatic rings. The van der Waals surface area contributed by atoms with E-state index in [1.165, 1.54) is 0 Å². The predicted molar refractivity (Wildman–Crippen MR) is 111 cm³/mol. The average molecular weight is 386 g/mol. The first-order valence-corrected chi connectivity index (χ1v) is 9.78. The minimum absolute atomic E-state index is 0.000237. The molecule has 0 aliphatic carbocycles. The highest BCUT2D eigenvalue weighted by atomic mass is 16.2. The van der Waals surface area contributed by atoms with Crippen molar-refractivity contribution in [3.63, 3.8) is 0 Å². The van der Waals surface area contributed by atoms with Gasteiger partial charge in [-0.2, -0.15) is 5.10 Å². The van der Waals surface area contributed by atoms with Gasteiger partial charge in [-0.05, 0) is 44.9 Å². The number of benzene rings is 2. The number of nitrogens with one attached hydrogen (secondary N) is 2. The molecule has 0 spiro atoms. The molecule has 7 nitrogen and oxygen atoms in total. The van der Waals surface area contributed by atoms with Crippen LogP contribution in [0.3, 0.4) is 0 Å². The molecule has 2 aromatic carbocycles. The second-order valence-electron chi connectivity index (χ2n) is 8.07. The Morgan fingerprint density at radius 1 is 1.21 bits per heavy atom. The van der Waals surface area contributed by atoms with Crippen molar-refractivity contribution >= 4 is 22.5 Å². The lowest BCUT2D eigenvalue weighted by Crippen LogP contribution is -2.46. The quantitative estimate of drug-likeness (QED) is 0.561. The third-order valence-electron chi connectivity index (χ3n) is 5.90. The Bertz CT molecular complexity index is 1190. The van der Waals surface area contributed by atoms with E-state index < -0.39 is 5.54 Å². The van der Waals surface area contributed by atoms with Gasteiger partial charge in [-0.25, -0.2) is 4.68 Å². The second-order valence-corrected chi connectivity index (χ2v) is 8.07. The van der Waals surface area contributed by atoms with Crippen LogP contribution in [-0.2, 0) is 16.8 Å². The molecule has 146 valence electrons. The zero-order chi connectivity index (χ0) is 20.0. The number of aromatic nitrogens is 5. The van der Waals surface area contributed by atoms with Crippen LogP contribution in [0.15, 0.2) is 54.7 Å². The van der Waals surface area contributed by atoms with E-state index in [4.69, 9.17) is 0 Å². The van der Waals surface area contributed by atoms with Gasteiger partial charge in [0.05, 0.1) is 34.6 Å². The third-order valence-corrected chi connectivity index (χ3v) is 5.90. The number of amides is 1. The predicted octanol–water partition coefficient (Wildman–Crippen LogP) is 3.76. The van der Waals surface area contributed by atoms with E-state index in [0.29, 0.717) is 0 Å². The van der Waals surface area contributed by atoms with Crippen LogP contribution < -0.4 is 5.32 Å². The summed E-state index contributed by atoms with van der Waals surface area (Å²) in [6.07, 6.45) is 3.36. The largest absolute Gasteiger partial charge is 0.326 e. The van der Waals surface area contributed by atoms with Gasteiger partial charge in [0.25, 0.3) is 0 Å². The molecule has 1 amide bonds. The highest BCUT2D eigenvalue weighted by Gasteiger charge is 2.41. The normalized spacial score (nSPS) is 17.8. The number of fused-ring (bicyclic) bond motifs is 2. The molecule has 0 radical (unpaired) electrons. The molecule has 3 heterocycles. The minimum atomic E-state index is -0.427. The zero-order valence-corrected chi connectivity index (χ0v) is 16.4. The Morgan fingerprint density at radius 3 is 2.86 bits per heavy atom. The fourth-order valence-electron chi connectivity index (χ4n) is 4.29. The molecule has 0 fully saturated rings. The molecule has 29 heavy (non-hydrogen) atoms. The van der Waals surface area contributed by atoms with Gasteiger partial charge in [0, 0.05) is 16.6 Å². The molecule has 2 N–H and O–H groups in total. The Labute approximate surface area is 168 Å². The standard InChI is InChI=1S/C22H22N6O/c1-22(2)18(10-9-16-13-23-27-28(16)22)21(29)24-15-8-11-19-17(12-15)20(26-25-19)14-6-4-3-5-7-14/h3-8,11-13,18H,9-10H2,1-2H3,(H,24,29)(H,25,26)/t18-/m1/s1. The Balaban J connectivity index is 1.44. The number of aromatic amines is 1. The van der Waals surface area contributed by atoms with E-state index in [2.05, 4.69) is 25.8 Å². The first kappa shape index (κ1) is 17.6. The molecule has 2 aromatic heterocycles. The van der Waals surface area contributed by atoms with Crippen LogP contribution in [0.25, 0.3) is 22.2 Å². The number of hydrogen-bond acceptors (Lipinski definition) is 4. The van der Waals surface area contributed by atoms with Gasteiger partial charge in [-0.1, -0.05) is 35.5 Å². The van der Waals surface area contributed by atoms with Gasteiger partial charge >= 0.3 is 0 Å². The highest BCUT2D eigenvalue weighted by molar-refractivity contribution is 5.99. The van der Waals surface area contributed by atoms with Crippen LogP contribution >= 0.6 is 0 Å². The van der Waals surface area contributed by atoms with Crippen molar-refractivity contribution in [3.05, 3.63) is 60.4 Å². The number of aryl methyl sites for hydroxylation is 1. The Kier molecular flexibility index (Phi) is 3.97. The molecule has 5 rings (SSSR count). The molecule has 1 aliphatic rings. The molecule has 0 saturated heterocycles. The monoisotopic (exact) mass is 386 g/mol. The smallest absolute Gasteiger partial charge is 0.229 e. The van der Waals surface area contributed by atoms with Crippen LogP contribution in [-0.4, -0.2) is 31.1 Å². The zero-order valence-electron chi connectivity index (χ0n) is 16.4. The number of hydrogen-bond donors (Lipinski definition) is 2. The van der Waals surface area contributed by atoms with Crippen molar-refractivity contribution in [2.24, 2.45) is 5.92 Å². The summed E-state index contributed by atoms with van der Waals surface area (Å²) in [6.45, 7) is 4.09. The topological polar surface area (TPSA) is 88.5 Å². The van der Waals surface area contributed by atoms with E-state index in [9.17, 15) is 4.79 Å². The van der Waals surface area contributed by atoms with Gasteiger partial charge in [-0.15, -0.1) is 5.10 Å². The van der Waals surface area contributed by atoms with Crippen molar-refractivity contribution in [3.8, 4) is 11.3 Å². The summed E-state index contributed by atoms with van der Waals surface area (Å²) in [6, 6.07) is 15.9. The van der Waals surface area contributed by atoms with E-state index in [1.807, 2.05) is 67.1 Å². The summed E-state index contributed by atoms with van der Waals surface area (Å²) in [5.41, 5.74) is 4.26. The molecule has 0 unspecified atom stereocenters. The summed E-state index contributed by atoms with van der Waals surface area (Å²) in [5, 5.41) is 19.8. The molecule has 1 aliphatic heterocycles. The molecule has 0 saturated carbocycles. The van der Waals surface area contributed by atoms with Crippen molar-refractivity contribution in [1.82, 2.24) is 25.2 Å². The van der Waals surface area contributed by atoms with Crippen molar-refractivity contribution in [1.29, 1.82) is 0 Å². The lowest BCUT2D eigenvalue weighted by molar-refractivity contribution is -0.124. The first-order chi connectivity index (χ1) is 14.0. The molecule has 7 heteroatoms. The highest BCUT2D eigenvalue weighted by Crippen LogP contribution is 2.36. The summed E-state index contributed by atoms with van der Waals surface area (Å²) in [4.78, 5) is 13.1. The van der Waals surface area contributed by atoms with Gasteiger partial charge in [0.2, 0.25) is 5.91 Å². The van der Waals surface area contributed by atoms with Gasteiger partial charge in [0.15, 0.2) is 0 Å². The summed E-state index contributed by atoms with van der Waals surface area (Å²) in [5.74, 6) is -0.189. The molecular formula is C22H22N6O. The Morgan fingerprint density at radius 2 is 2.03 bits per heavy atom. The molecule has 0 bridgehead atoms. The van der Waals surface area contributed by atoms with E-state index >= 15 is 0 Å². The lowest BCUT2D eigenvalue weighted by atomic mass is 9.80. The first-order valence-electron chi connectivity index (χ1n) is 9.78. The third kappa shape index (κ3) is 2.90. The summed E-state index contributed by atoms with van der Waals surface area (Å²) in [7, 11) is 0. The van der Waals surface area contributed by atoms with Gasteiger partial charge < -0.3 is 5.32 Å². The fraction of sp³-hybridized carbons (Fsp3) is 0.273. The number of carbonyl (C=O) groups excluding carboxylic acids is 1. The summed E-state index contributed by atoms with van der Waals surface area (Å²) < 4.78 is 1.88. The minimum Gasteiger partial charge on any atom is -0.326 e. The fourth-order valence-corrected chi connectivity index (χ4v) is 4.29. The molecule has 1 atom stereocenters. The Hall–Kier alpha value is -3.48. The van der Waals surface area contributed by atoms with Crippen LogP contribution in [0.2, 0.25) is 0 Å². The van der Waals surface area contributed by atoms with Gasteiger partial charge in [-0.3, -0.25) is 9.89 Å². The van der Waals surface area contributed by atoms with Crippen molar-refractivity contribution in [2.75, 3.05) is 5.32 Å². The van der Waals surface area contributed by atoms with Crippen LogP contribution in [0.5, 0.6) is 0 Å². The number of anilines is 1. The number of rotatable bonds is 3. The van der Waals surface area contributed by atoms with E-state index in [0.717, 1.165) is 46.4 Å². The number of nitrogens with zero attached hydrogens (tertiary/aromatic N) is 4. The maximum atomic E-state index is 13.1. The van der Waals surface area contributed by atoms with Crippen molar-refractivity contribution in [2.45, 2.75) is 32.2 Å². The van der Waals surface area contributed by atoms with Crippen LogP contribution in [0.4, 0.5) is 5.69 Å². The average Bonchev–Trinajstić information content (AvgIpc) is 3.36. The number of H-pyrrole nitrogens is 1. The SMILES string of the molecule is CC1(C)[C@@H](C(=O)Nc2ccc3[nH]nc(-c4ccccc4)c3c2)CCc2cnnn21. The number of carbonyl (C=O) groups is 1. The van der Waals surface area contributed by atoms with Gasteiger partial charge in [0.1, 0.15) is 0 Å². The maximum absolute atomic E-state index is 13.1. The lowest BCUT2D eigenvalue weighted by Gasteiger charge is -2.38.